The quantitative estimate of drug-likeness (QED) is 0.289. The normalized spacial score (nSPS) is 11.5. The molecule has 11 heteroatoms. The molecule has 0 unspecified atom stereocenters. The molecule has 0 aliphatic carbocycles. The van der Waals surface area contributed by atoms with E-state index in [0.29, 0.717) is 21.9 Å². The van der Waals surface area contributed by atoms with E-state index in [1.165, 1.54) is 13.2 Å². The summed E-state index contributed by atoms with van der Waals surface area (Å²) in [6.07, 6.45) is -3.77. The number of hydrogen-bond acceptors (Lipinski definition) is 5. The molecule has 0 saturated carbocycles. The second kappa shape index (κ2) is 8.74. The van der Waals surface area contributed by atoms with Crippen LogP contribution in [0, 0.1) is 21.4 Å². The molecule has 7 nitrogen and oxygen atoms in total. The number of nitro groups is 1. The van der Waals surface area contributed by atoms with Gasteiger partial charge >= 0.3 is 6.18 Å². The van der Waals surface area contributed by atoms with Crippen LogP contribution >= 0.6 is 15.9 Å². The highest BCUT2D eigenvalue weighted by atomic mass is 79.9. The van der Waals surface area contributed by atoms with Crippen molar-refractivity contribution in [3.8, 4) is 11.8 Å². The maximum Gasteiger partial charge on any atom is 0.418 e. The van der Waals surface area contributed by atoms with Crippen LogP contribution in [0.3, 0.4) is 0 Å². The van der Waals surface area contributed by atoms with Crippen molar-refractivity contribution in [3.63, 3.8) is 0 Å². The summed E-state index contributed by atoms with van der Waals surface area (Å²) in [6, 6.07) is 8.18. The van der Waals surface area contributed by atoms with E-state index in [4.69, 9.17) is 4.74 Å². The Morgan fingerprint density at radius 3 is 2.52 bits per heavy atom. The van der Waals surface area contributed by atoms with Crippen LogP contribution in [-0.2, 0) is 11.0 Å². The summed E-state index contributed by atoms with van der Waals surface area (Å²) in [5, 5.41) is 21.9. The van der Waals surface area contributed by atoms with E-state index < -0.39 is 39.5 Å². The minimum absolute atomic E-state index is 0.311. The van der Waals surface area contributed by atoms with Gasteiger partial charge in [0.25, 0.3) is 11.6 Å². The van der Waals surface area contributed by atoms with Gasteiger partial charge in [-0.3, -0.25) is 14.9 Å². The zero-order chi connectivity index (χ0) is 21.8. The summed E-state index contributed by atoms with van der Waals surface area (Å²) in [4.78, 5) is 22.1. The van der Waals surface area contributed by atoms with Crippen molar-refractivity contribution in [2.24, 2.45) is 0 Å². The minimum atomic E-state index is -4.95. The molecule has 0 aromatic heterocycles. The number of rotatable bonds is 5. The molecular formula is C18H11BrF3N3O4. The van der Waals surface area contributed by atoms with Crippen molar-refractivity contribution >= 4 is 39.3 Å². The summed E-state index contributed by atoms with van der Waals surface area (Å²) in [5.74, 6) is -0.593. The number of nitrogens with one attached hydrogen (secondary N) is 1. The summed E-state index contributed by atoms with van der Waals surface area (Å²) in [5.41, 5.74) is -2.93. The fourth-order valence-electron chi connectivity index (χ4n) is 2.27. The molecule has 0 radical (unpaired) electrons. The number of carbonyl (C=O) groups excluding carboxylic acids is 1. The number of carbonyl (C=O) groups is 1. The summed E-state index contributed by atoms with van der Waals surface area (Å²) in [7, 11) is 1.45. The predicted octanol–water partition coefficient (Wildman–Crippen LogP) is 4.93. The monoisotopic (exact) mass is 469 g/mol. The van der Waals surface area contributed by atoms with E-state index in [0.717, 1.165) is 12.1 Å². The van der Waals surface area contributed by atoms with Crippen LogP contribution < -0.4 is 10.1 Å². The lowest BCUT2D eigenvalue weighted by Gasteiger charge is -2.13. The van der Waals surface area contributed by atoms with Gasteiger partial charge < -0.3 is 10.1 Å². The van der Waals surface area contributed by atoms with Crippen LogP contribution in [-0.4, -0.2) is 17.9 Å². The molecule has 2 aromatic rings. The second-order valence-electron chi connectivity index (χ2n) is 5.50. The van der Waals surface area contributed by atoms with Crippen molar-refractivity contribution in [1.29, 1.82) is 5.26 Å². The average Bonchev–Trinajstić information content (AvgIpc) is 2.65. The summed E-state index contributed by atoms with van der Waals surface area (Å²) in [6.45, 7) is 0. The molecule has 0 fully saturated rings. The molecule has 0 aliphatic rings. The third kappa shape index (κ3) is 5.32. The number of amides is 1. The van der Waals surface area contributed by atoms with Gasteiger partial charge in [0.2, 0.25) is 0 Å². The standard InChI is InChI=1S/C18H11BrF3N3O4/c1-29-16-5-2-10(7-14(16)19)6-11(9-23)17(26)24-15-4-3-12(25(27)28)8-13(15)18(20,21)22/h2-8H,1H3,(H,24,26). The molecule has 1 amide bonds. The Morgan fingerprint density at radius 2 is 2.00 bits per heavy atom. The highest BCUT2D eigenvalue weighted by molar-refractivity contribution is 9.10. The van der Waals surface area contributed by atoms with E-state index in [2.05, 4.69) is 15.9 Å². The van der Waals surface area contributed by atoms with Crippen molar-refractivity contribution < 1.29 is 27.6 Å². The number of non-ortho nitro benzene ring substituents is 1. The Bertz CT molecular complexity index is 1050. The van der Waals surface area contributed by atoms with E-state index in [1.54, 1.807) is 24.3 Å². The molecule has 29 heavy (non-hydrogen) atoms. The molecule has 1 N–H and O–H groups in total. The molecule has 150 valence electrons. The van der Waals surface area contributed by atoms with Crippen molar-refractivity contribution in [2.75, 3.05) is 12.4 Å². The van der Waals surface area contributed by atoms with Crippen LogP contribution in [0.4, 0.5) is 24.5 Å². The van der Waals surface area contributed by atoms with Crippen molar-refractivity contribution in [2.45, 2.75) is 6.18 Å². The minimum Gasteiger partial charge on any atom is -0.496 e. The van der Waals surface area contributed by atoms with Crippen LogP contribution in [0.1, 0.15) is 11.1 Å². The number of anilines is 1. The number of nitrogens with zero attached hydrogens (tertiary/aromatic N) is 2. The fourth-order valence-corrected chi connectivity index (χ4v) is 2.83. The van der Waals surface area contributed by atoms with E-state index in [1.807, 2.05) is 5.32 Å². The van der Waals surface area contributed by atoms with Crippen molar-refractivity contribution in [3.05, 3.63) is 67.7 Å². The first-order valence-corrected chi connectivity index (χ1v) is 8.48. The number of alkyl halides is 3. The van der Waals surface area contributed by atoms with Gasteiger partial charge in [0.15, 0.2) is 0 Å². The Kier molecular flexibility index (Phi) is 6.60. The molecule has 0 heterocycles. The molecule has 2 aromatic carbocycles. The van der Waals surface area contributed by atoms with Gasteiger partial charge in [-0.1, -0.05) is 6.07 Å². The van der Waals surface area contributed by atoms with Gasteiger partial charge in [0, 0.05) is 12.1 Å². The fraction of sp³-hybridized carbons (Fsp3) is 0.111. The number of hydrogen-bond donors (Lipinski definition) is 1. The second-order valence-corrected chi connectivity index (χ2v) is 6.36. The largest absolute Gasteiger partial charge is 0.496 e. The average molecular weight is 470 g/mol. The van der Waals surface area contributed by atoms with Crippen LogP contribution in [0.25, 0.3) is 6.08 Å². The topological polar surface area (TPSA) is 105 Å². The van der Waals surface area contributed by atoms with Gasteiger partial charge in [-0.2, -0.15) is 18.4 Å². The van der Waals surface area contributed by atoms with Crippen molar-refractivity contribution in [1.82, 2.24) is 0 Å². The van der Waals surface area contributed by atoms with Crippen LogP contribution in [0.5, 0.6) is 5.75 Å². The molecule has 0 atom stereocenters. The van der Waals surface area contributed by atoms with Gasteiger partial charge in [-0.25, -0.2) is 0 Å². The summed E-state index contributed by atoms with van der Waals surface area (Å²) >= 11 is 3.24. The third-order valence-corrected chi connectivity index (χ3v) is 4.24. The first kappa shape index (κ1) is 21.9. The maximum atomic E-state index is 13.2. The Morgan fingerprint density at radius 1 is 1.31 bits per heavy atom. The zero-order valence-electron chi connectivity index (χ0n) is 14.6. The number of nitriles is 1. The number of halogens is 4. The van der Waals surface area contributed by atoms with E-state index in [-0.39, 0.29) is 0 Å². The van der Waals surface area contributed by atoms with Crippen LogP contribution in [0.15, 0.2) is 46.4 Å². The maximum absolute atomic E-state index is 13.2. The SMILES string of the molecule is COc1ccc(C=C(C#N)C(=O)Nc2ccc([N+](=O)[O-])cc2C(F)(F)F)cc1Br. The number of methoxy groups -OCH3 is 1. The lowest BCUT2D eigenvalue weighted by atomic mass is 10.1. The highest BCUT2D eigenvalue weighted by Gasteiger charge is 2.35. The van der Waals surface area contributed by atoms with E-state index in [9.17, 15) is 33.3 Å². The Labute approximate surface area is 170 Å². The van der Waals surface area contributed by atoms with Gasteiger partial charge in [-0.15, -0.1) is 0 Å². The number of benzene rings is 2. The van der Waals surface area contributed by atoms with Gasteiger partial charge in [-0.05, 0) is 45.8 Å². The highest BCUT2D eigenvalue weighted by Crippen LogP contribution is 2.37. The Hall–Kier alpha value is -3.39. The zero-order valence-corrected chi connectivity index (χ0v) is 16.2. The third-order valence-electron chi connectivity index (χ3n) is 3.62. The molecule has 0 bridgehead atoms. The first-order chi connectivity index (χ1) is 13.6. The Balaban J connectivity index is 2.38. The number of nitro benzene ring substituents is 1. The lowest BCUT2D eigenvalue weighted by molar-refractivity contribution is -0.385. The molecule has 0 spiro atoms. The molecule has 0 saturated heterocycles. The molecule has 2 rings (SSSR count). The molecular weight excluding hydrogens is 459 g/mol. The lowest BCUT2D eigenvalue weighted by Crippen LogP contribution is -2.18. The summed E-state index contributed by atoms with van der Waals surface area (Å²) < 4.78 is 45.3. The number of ether oxygens (including phenoxy) is 1. The molecule has 0 aliphatic heterocycles. The van der Waals surface area contributed by atoms with Crippen LogP contribution in [0.2, 0.25) is 0 Å². The van der Waals surface area contributed by atoms with E-state index >= 15 is 0 Å². The van der Waals surface area contributed by atoms with Gasteiger partial charge in [0.1, 0.15) is 17.4 Å². The smallest absolute Gasteiger partial charge is 0.418 e. The van der Waals surface area contributed by atoms with Gasteiger partial charge in [0.05, 0.1) is 27.8 Å². The predicted molar refractivity (Wildman–Crippen MR) is 101 cm³/mol. The first-order valence-electron chi connectivity index (χ1n) is 7.69.